The Balaban J connectivity index is 2.12. The van der Waals surface area contributed by atoms with Gasteiger partial charge < -0.3 is 10.0 Å². The summed E-state index contributed by atoms with van der Waals surface area (Å²) in [6.07, 6.45) is 0. The third-order valence-corrected chi connectivity index (χ3v) is 3.54. The van der Waals surface area contributed by atoms with Crippen LogP contribution >= 0.6 is 0 Å². The summed E-state index contributed by atoms with van der Waals surface area (Å²) in [7, 11) is 1.68. The van der Waals surface area contributed by atoms with Crippen LogP contribution in [0.1, 0.15) is 10.4 Å². The first-order chi connectivity index (χ1) is 10.2. The molecular weight excluding hydrogens is 262 g/mol. The molecule has 0 spiro atoms. The molecule has 0 radical (unpaired) electrons. The second-order valence-corrected chi connectivity index (χ2v) is 4.88. The number of phenolic OH excluding ortho intramolecular Hbond substituents is 1. The molecule has 0 unspecified atom stereocenters. The topological polar surface area (TPSA) is 40.5 Å². The molecule has 0 saturated heterocycles. The van der Waals surface area contributed by atoms with Gasteiger partial charge in [-0.3, -0.25) is 4.79 Å². The lowest BCUT2D eigenvalue weighted by atomic mass is 10.1. The number of hydrogen-bond acceptors (Lipinski definition) is 2. The Bertz CT molecular complexity index is 797. The molecule has 1 N–H and O–H groups in total. The number of rotatable bonds is 2. The predicted octanol–water partition coefficient (Wildman–Crippen LogP) is 3.82. The van der Waals surface area contributed by atoms with E-state index in [2.05, 4.69) is 0 Å². The maximum absolute atomic E-state index is 12.6. The number of fused-ring (bicyclic) bond motifs is 1. The highest BCUT2D eigenvalue weighted by molar-refractivity contribution is 6.11. The van der Waals surface area contributed by atoms with Gasteiger partial charge in [0.05, 0.1) is 5.69 Å². The van der Waals surface area contributed by atoms with Crippen molar-refractivity contribution in [2.75, 3.05) is 11.9 Å². The van der Waals surface area contributed by atoms with Gasteiger partial charge in [0.15, 0.2) is 0 Å². The second kappa shape index (κ2) is 5.29. The normalized spacial score (nSPS) is 10.5. The zero-order valence-corrected chi connectivity index (χ0v) is 11.7. The monoisotopic (exact) mass is 277 g/mol. The first-order valence-electron chi connectivity index (χ1n) is 6.72. The third-order valence-electron chi connectivity index (χ3n) is 3.54. The molecule has 0 aliphatic heterocycles. The van der Waals surface area contributed by atoms with Crippen LogP contribution < -0.4 is 4.90 Å². The van der Waals surface area contributed by atoms with Crippen molar-refractivity contribution in [3.05, 3.63) is 72.3 Å². The molecule has 3 heteroatoms. The zero-order valence-electron chi connectivity index (χ0n) is 11.7. The van der Waals surface area contributed by atoms with Crippen LogP contribution in [0.4, 0.5) is 5.69 Å². The van der Waals surface area contributed by atoms with Gasteiger partial charge in [0.25, 0.3) is 5.91 Å². The number of carbonyl (C=O) groups is 1. The Kier molecular flexibility index (Phi) is 3.32. The molecule has 0 atom stereocenters. The molecule has 1 amide bonds. The summed E-state index contributed by atoms with van der Waals surface area (Å²) in [5.41, 5.74) is 1.12. The lowest BCUT2D eigenvalue weighted by Crippen LogP contribution is -2.26. The van der Waals surface area contributed by atoms with Crippen LogP contribution in [0, 0.1) is 0 Å². The highest BCUT2D eigenvalue weighted by Crippen LogP contribution is 2.35. The summed E-state index contributed by atoms with van der Waals surface area (Å²) in [4.78, 5) is 14.0. The van der Waals surface area contributed by atoms with Gasteiger partial charge >= 0.3 is 0 Å². The molecule has 104 valence electrons. The molecule has 21 heavy (non-hydrogen) atoms. The van der Waals surface area contributed by atoms with Crippen LogP contribution in [0.3, 0.4) is 0 Å². The number of anilines is 1. The summed E-state index contributed by atoms with van der Waals surface area (Å²) in [5.74, 6) is -0.0530. The van der Waals surface area contributed by atoms with Crippen LogP contribution in [0.15, 0.2) is 66.7 Å². The van der Waals surface area contributed by atoms with Crippen molar-refractivity contribution in [2.24, 2.45) is 0 Å². The van der Waals surface area contributed by atoms with Crippen molar-refractivity contribution in [1.82, 2.24) is 0 Å². The van der Waals surface area contributed by atoms with E-state index in [4.69, 9.17) is 0 Å². The average Bonchev–Trinajstić information content (AvgIpc) is 2.54. The molecule has 3 rings (SSSR count). The molecule has 0 fully saturated rings. The van der Waals surface area contributed by atoms with Crippen molar-refractivity contribution >= 4 is 22.4 Å². The van der Waals surface area contributed by atoms with E-state index in [1.807, 2.05) is 48.5 Å². The first kappa shape index (κ1) is 13.2. The molecule has 0 saturated carbocycles. The van der Waals surface area contributed by atoms with Crippen LogP contribution in [0.5, 0.6) is 5.75 Å². The SMILES string of the molecule is CN(C(=O)c1ccccc1)c1c(O)ccc2ccccc12. The minimum atomic E-state index is -0.151. The molecule has 0 bridgehead atoms. The molecule has 0 aliphatic rings. The Hall–Kier alpha value is -2.81. The summed E-state index contributed by atoms with van der Waals surface area (Å²) in [6.45, 7) is 0. The highest BCUT2D eigenvalue weighted by Gasteiger charge is 2.18. The Morgan fingerprint density at radius 3 is 2.33 bits per heavy atom. The van der Waals surface area contributed by atoms with Gasteiger partial charge in [-0.25, -0.2) is 0 Å². The summed E-state index contributed by atoms with van der Waals surface area (Å²) < 4.78 is 0. The molecular formula is C18H15NO2. The number of phenols is 1. The fourth-order valence-electron chi connectivity index (χ4n) is 2.47. The van der Waals surface area contributed by atoms with Gasteiger partial charge in [-0.1, -0.05) is 48.5 Å². The van der Waals surface area contributed by atoms with Gasteiger partial charge in [-0.05, 0) is 23.6 Å². The van der Waals surface area contributed by atoms with Crippen molar-refractivity contribution in [2.45, 2.75) is 0 Å². The van der Waals surface area contributed by atoms with Crippen LogP contribution in [-0.4, -0.2) is 18.1 Å². The Morgan fingerprint density at radius 2 is 1.57 bits per heavy atom. The standard InChI is InChI=1S/C18H15NO2/c1-19(18(21)14-8-3-2-4-9-14)17-15-10-6-5-7-13(15)11-12-16(17)20/h2-12,20H,1H3. The van der Waals surface area contributed by atoms with Gasteiger partial charge in [-0.2, -0.15) is 0 Å². The Morgan fingerprint density at radius 1 is 0.905 bits per heavy atom. The predicted molar refractivity (Wildman–Crippen MR) is 84.8 cm³/mol. The van der Waals surface area contributed by atoms with E-state index in [1.165, 1.54) is 4.90 Å². The molecule has 3 aromatic carbocycles. The number of nitrogens with zero attached hydrogens (tertiary/aromatic N) is 1. The van der Waals surface area contributed by atoms with Gasteiger partial charge in [0.1, 0.15) is 5.75 Å². The average molecular weight is 277 g/mol. The quantitative estimate of drug-likeness (QED) is 0.773. The second-order valence-electron chi connectivity index (χ2n) is 4.88. The molecule has 0 aromatic heterocycles. The van der Waals surface area contributed by atoms with Gasteiger partial charge in [0, 0.05) is 18.0 Å². The van der Waals surface area contributed by atoms with E-state index in [0.717, 1.165) is 10.8 Å². The minimum absolute atomic E-state index is 0.0977. The highest BCUT2D eigenvalue weighted by atomic mass is 16.3. The fraction of sp³-hybridized carbons (Fsp3) is 0.0556. The van der Waals surface area contributed by atoms with E-state index >= 15 is 0 Å². The van der Waals surface area contributed by atoms with E-state index in [-0.39, 0.29) is 11.7 Å². The lowest BCUT2D eigenvalue weighted by Gasteiger charge is -2.20. The van der Waals surface area contributed by atoms with E-state index in [1.54, 1.807) is 25.2 Å². The van der Waals surface area contributed by atoms with Crippen LogP contribution in [0.25, 0.3) is 10.8 Å². The molecule has 0 aliphatic carbocycles. The number of carbonyl (C=O) groups excluding carboxylic acids is 1. The van der Waals surface area contributed by atoms with Crippen LogP contribution in [0.2, 0.25) is 0 Å². The van der Waals surface area contributed by atoms with Gasteiger partial charge in [0.2, 0.25) is 0 Å². The number of amides is 1. The maximum atomic E-state index is 12.6. The van der Waals surface area contributed by atoms with Gasteiger partial charge in [-0.15, -0.1) is 0 Å². The largest absolute Gasteiger partial charge is 0.506 e. The third kappa shape index (κ3) is 2.34. The maximum Gasteiger partial charge on any atom is 0.258 e. The summed E-state index contributed by atoms with van der Waals surface area (Å²) >= 11 is 0. The number of hydrogen-bond donors (Lipinski definition) is 1. The zero-order chi connectivity index (χ0) is 14.8. The number of benzene rings is 3. The Labute approximate surface area is 123 Å². The molecule has 3 nitrogen and oxygen atoms in total. The smallest absolute Gasteiger partial charge is 0.258 e. The fourth-order valence-corrected chi connectivity index (χ4v) is 2.47. The molecule has 0 heterocycles. The first-order valence-corrected chi connectivity index (χ1v) is 6.72. The van der Waals surface area contributed by atoms with E-state index in [0.29, 0.717) is 11.3 Å². The van der Waals surface area contributed by atoms with Crippen molar-refractivity contribution in [3.8, 4) is 5.75 Å². The lowest BCUT2D eigenvalue weighted by molar-refractivity contribution is 0.0992. The number of aromatic hydroxyl groups is 1. The molecule has 3 aromatic rings. The van der Waals surface area contributed by atoms with E-state index < -0.39 is 0 Å². The van der Waals surface area contributed by atoms with E-state index in [9.17, 15) is 9.90 Å². The van der Waals surface area contributed by atoms with Crippen molar-refractivity contribution < 1.29 is 9.90 Å². The summed E-state index contributed by atoms with van der Waals surface area (Å²) in [6, 6.07) is 20.2. The minimum Gasteiger partial charge on any atom is -0.506 e. The van der Waals surface area contributed by atoms with Crippen LogP contribution in [-0.2, 0) is 0 Å². The van der Waals surface area contributed by atoms with Crippen molar-refractivity contribution in [3.63, 3.8) is 0 Å². The van der Waals surface area contributed by atoms with Crippen molar-refractivity contribution in [1.29, 1.82) is 0 Å². The summed E-state index contributed by atoms with van der Waals surface area (Å²) in [5, 5.41) is 12.0.